The molecule has 0 radical (unpaired) electrons. The summed E-state index contributed by atoms with van der Waals surface area (Å²) in [6, 6.07) is 17.1. The lowest BCUT2D eigenvalue weighted by Gasteiger charge is -2.17. The van der Waals surface area contributed by atoms with Crippen LogP contribution in [-0.2, 0) is 4.79 Å². The molecule has 2 N–H and O–H groups in total. The van der Waals surface area contributed by atoms with Gasteiger partial charge < -0.3 is 5.11 Å². The average molecular weight is 427 g/mol. The monoisotopic (exact) mass is 427 g/mol. The van der Waals surface area contributed by atoms with Crippen molar-refractivity contribution in [3.8, 4) is 0 Å². The Bertz CT molecular complexity index is 1350. The number of nitrogens with one attached hydrogen (secondary N) is 1. The van der Waals surface area contributed by atoms with Gasteiger partial charge in [-0.05, 0) is 71.0 Å². The van der Waals surface area contributed by atoms with E-state index in [1.54, 1.807) is 24.4 Å². The zero-order valence-corrected chi connectivity index (χ0v) is 17.8. The van der Waals surface area contributed by atoms with Crippen LogP contribution in [0.15, 0.2) is 66.9 Å². The molecule has 2 heterocycles. The molecule has 0 fully saturated rings. The maximum atomic E-state index is 14.3. The summed E-state index contributed by atoms with van der Waals surface area (Å²) in [5.74, 6) is -1.47. The number of H-pyrrole nitrogens is 1. The summed E-state index contributed by atoms with van der Waals surface area (Å²) in [6.45, 7) is 4.10. The number of aromatic amines is 1. The van der Waals surface area contributed by atoms with Crippen molar-refractivity contribution in [3.63, 3.8) is 0 Å². The van der Waals surface area contributed by atoms with Gasteiger partial charge >= 0.3 is 5.97 Å². The molecule has 4 rings (SSSR count). The van der Waals surface area contributed by atoms with Gasteiger partial charge in [0.25, 0.3) is 0 Å². The molecule has 0 bridgehead atoms. The fourth-order valence-electron chi connectivity index (χ4n) is 3.84. The number of halogens is 1. The summed E-state index contributed by atoms with van der Waals surface area (Å²) in [5.41, 5.74) is 7.07. The summed E-state index contributed by atoms with van der Waals surface area (Å²) in [4.78, 5) is 15.5. The van der Waals surface area contributed by atoms with E-state index in [-0.39, 0.29) is 0 Å². The van der Waals surface area contributed by atoms with Gasteiger partial charge in [-0.15, -0.1) is 0 Å². The molecular weight excluding hydrogens is 405 g/mol. The lowest BCUT2D eigenvalue weighted by Crippen LogP contribution is -1.99. The fourth-order valence-corrected chi connectivity index (χ4v) is 3.84. The Morgan fingerprint density at radius 3 is 2.56 bits per heavy atom. The van der Waals surface area contributed by atoms with Gasteiger partial charge in [0.05, 0.1) is 16.6 Å². The van der Waals surface area contributed by atoms with E-state index < -0.39 is 11.9 Å². The Labute approximate surface area is 185 Å². The summed E-state index contributed by atoms with van der Waals surface area (Å²) in [7, 11) is 0. The average Bonchev–Trinajstić information content (AvgIpc) is 3.17. The molecule has 0 saturated carbocycles. The van der Waals surface area contributed by atoms with Crippen molar-refractivity contribution in [2.75, 3.05) is 0 Å². The van der Waals surface area contributed by atoms with E-state index >= 15 is 0 Å². The Morgan fingerprint density at radius 1 is 1.12 bits per heavy atom. The highest BCUT2D eigenvalue weighted by Gasteiger charge is 2.17. The van der Waals surface area contributed by atoms with Crippen molar-refractivity contribution in [2.24, 2.45) is 0 Å². The molecule has 0 aliphatic carbocycles. The van der Waals surface area contributed by atoms with Gasteiger partial charge in [-0.1, -0.05) is 43.3 Å². The van der Waals surface area contributed by atoms with Crippen LogP contribution < -0.4 is 0 Å². The van der Waals surface area contributed by atoms with Crippen LogP contribution in [0.5, 0.6) is 0 Å². The van der Waals surface area contributed by atoms with Crippen LogP contribution in [0.1, 0.15) is 41.3 Å². The molecule has 32 heavy (non-hydrogen) atoms. The standard InChI is InChI=1S/C26H22FN3O2/c1-3-20(25-16(2)5-4-14-28-25)24(18-9-6-17(7-10-18)8-13-23(31)32)19-11-12-22-21(15-19)26(27)30-29-22/h4-15H,3H2,1-2H3,(H,29,30)(H,31,32)/b13-8+,24-20+. The van der Waals surface area contributed by atoms with Crippen LogP contribution in [0.4, 0.5) is 4.39 Å². The molecule has 2 aromatic heterocycles. The predicted octanol–water partition coefficient (Wildman–Crippen LogP) is 5.87. The number of fused-ring (bicyclic) bond motifs is 1. The van der Waals surface area contributed by atoms with Crippen molar-refractivity contribution < 1.29 is 14.3 Å². The first-order chi connectivity index (χ1) is 15.5. The fraction of sp³-hybridized carbons (Fsp3) is 0.115. The lowest BCUT2D eigenvalue weighted by atomic mass is 9.88. The first kappa shape index (κ1) is 21.2. The minimum atomic E-state index is -0.996. The van der Waals surface area contributed by atoms with E-state index in [0.717, 1.165) is 51.6 Å². The highest BCUT2D eigenvalue weighted by atomic mass is 19.1. The molecule has 5 nitrogen and oxygen atoms in total. The molecule has 0 amide bonds. The number of pyridine rings is 1. The van der Waals surface area contributed by atoms with Crippen LogP contribution in [0.3, 0.4) is 0 Å². The summed E-state index contributed by atoms with van der Waals surface area (Å²) in [5, 5.41) is 15.7. The third kappa shape index (κ3) is 4.21. The number of carboxylic acid groups (broad SMARTS) is 1. The van der Waals surface area contributed by atoms with Crippen LogP contribution >= 0.6 is 0 Å². The maximum absolute atomic E-state index is 14.3. The van der Waals surface area contributed by atoms with E-state index in [9.17, 15) is 9.18 Å². The van der Waals surface area contributed by atoms with Gasteiger partial charge in [0, 0.05) is 12.3 Å². The zero-order valence-electron chi connectivity index (χ0n) is 17.8. The quantitative estimate of drug-likeness (QED) is 0.377. The number of hydrogen-bond donors (Lipinski definition) is 2. The Kier molecular flexibility index (Phi) is 5.94. The van der Waals surface area contributed by atoms with E-state index in [4.69, 9.17) is 5.11 Å². The lowest BCUT2D eigenvalue weighted by molar-refractivity contribution is -0.131. The molecule has 0 aliphatic rings. The van der Waals surface area contributed by atoms with E-state index in [1.807, 2.05) is 49.4 Å². The summed E-state index contributed by atoms with van der Waals surface area (Å²) < 4.78 is 14.3. The Balaban J connectivity index is 1.94. The van der Waals surface area contributed by atoms with Crippen molar-refractivity contribution in [2.45, 2.75) is 20.3 Å². The number of aromatic nitrogens is 3. The van der Waals surface area contributed by atoms with Gasteiger partial charge in [-0.3, -0.25) is 10.1 Å². The molecule has 0 atom stereocenters. The Hall–Kier alpha value is -4.06. The number of nitrogens with zero attached hydrogens (tertiary/aromatic N) is 2. The summed E-state index contributed by atoms with van der Waals surface area (Å²) in [6.07, 6.45) is 5.15. The first-order valence-electron chi connectivity index (χ1n) is 10.3. The number of aryl methyl sites for hydroxylation is 1. The van der Waals surface area contributed by atoms with Gasteiger partial charge in [0.1, 0.15) is 0 Å². The highest BCUT2D eigenvalue weighted by molar-refractivity contribution is 6.00. The topological polar surface area (TPSA) is 78.9 Å². The predicted molar refractivity (Wildman–Crippen MR) is 124 cm³/mol. The third-order valence-electron chi connectivity index (χ3n) is 5.36. The minimum Gasteiger partial charge on any atom is -0.478 e. The molecule has 0 saturated heterocycles. The molecule has 0 spiro atoms. The van der Waals surface area contributed by atoms with Crippen LogP contribution in [0.25, 0.3) is 28.1 Å². The number of benzene rings is 2. The molecule has 0 aliphatic heterocycles. The van der Waals surface area contributed by atoms with E-state index in [2.05, 4.69) is 22.1 Å². The number of rotatable bonds is 6. The normalized spacial score (nSPS) is 12.3. The molecule has 6 heteroatoms. The smallest absolute Gasteiger partial charge is 0.328 e. The Morgan fingerprint density at radius 2 is 1.88 bits per heavy atom. The number of allylic oxidation sites excluding steroid dienone is 1. The molecule has 4 aromatic rings. The molecule has 160 valence electrons. The third-order valence-corrected chi connectivity index (χ3v) is 5.36. The molecular formula is C26H22FN3O2. The molecule has 2 aromatic carbocycles. The van der Waals surface area contributed by atoms with Crippen molar-refractivity contribution in [3.05, 3.63) is 101 Å². The second kappa shape index (κ2) is 8.98. The maximum Gasteiger partial charge on any atom is 0.328 e. The number of hydrogen-bond acceptors (Lipinski definition) is 3. The molecule has 0 unspecified atom stereocenters. The van der Waals surface area contributed by atoms with Gasteiger partial charge in [-0.25, -0.2) is 4.79 Å². The van der Waals surface area contributed by atoms with Crippen molar-refractivity contribution in [1.29, 1.82) is 0 Å². The number of carboxylic acids is 1. The van der Waals surface area contributed by atoms with Crippen LogP contribution in [0, 0.1) is 12.9 Å². The second-order valence-electron chi connectivity index (χ2n) is 7.44. The van der Waals surface area contributed by atoms with Crippen molar-refractivity contribution in [1.82, 2.24) is 15.2 Å². The van der Waals surface area contributed by atoms with Gasteiger partial charge in [-0.2, -0.15) is 9.49 Å². The zero-order chi connectivity index (χ0) is 22.7. The second-order valence-corrected chi connectivity index (χ2v) is 7.44. The van der Waals surface area contributed by atoms with Gasteiger partial charge in [0.15, 0.2) is 0 Å². The first-order valence-corrected chi connectivity index (χ1v) is 10.3. The van der Waals surface area contributed by atoms with Crippen LogP contribution in [0.2, 0.25) is 0 Å². The van der Waals surface area contributed by atoms with E-state index in [1.165, 1.54) is 0 Å². The number of aliphatic carboxylic acids is 1. The van der Waals surface area contributed by atoms with Crippen molar-refractivity contribution >= 4 is 34.1 Å². The number of carbonyl (C=O) groups is 1. The largest absolute Gasteiger partial charge is 0.478 e. The van der Waals surface area contributed by atoms with E-state index in [0.29, 0.717) is 10.9 Å². The minimum absolute atomic E-state index is 0.425. The highest BCUT2D eigenvalue weighted by Crippen LogP contribution is 2.36. The SMILES string of the molecule is CC/C(=C(/c1ccc(/C=C/C(=O)O)cc1)c1ccc2n[nH]c(F)c2c1)c1ncccc1C. The van der Waals surface area contributed by atoms with Crippen LogP contribution in [-0.4, -0.2) is 26.3 Å². The van der Waals surface area contributed by atoms with Gasteiger partial charge in [0.2, 0.25) is 5.95 Å². The summed E-state index contributed by atoms with van der Waals surface area (Å²) >= 11 is 0.